The van der Waals surface area contributed by atoms with E-state index in [2.05, 4.69) is 63.7 Å². The van der Waals surface area contributed by atoms with Crippen LogP contribution in [0.4, 0.5) is 0 Å². The van der Waals surface area contributed by atoms with Crippen molar-refractivity contribution in [1.29, 1.82) is 0 Å². The Morgan fingerprint density at radius 3 is 1.08 bits per heavy atom. The Bertz CT molecular complexity index is 937. The summed E-state index contributed by atoms with van der Waals surface area (Å²) < 4.78 is 0. The van der Waals surface area contributed by atoms with Gasteiger partial charge in [0.15, 0.2) is 0 Å². The quantitative estimate of drug-likeness (QED) is 0.0989. The lowest BCUT2D eigenvalue weighted by molar-refractivity contribution is -0.143. The summed E-state index contributed by atoms with van der Waals surface area (Å²) in [5, 5.41) is 36.0. The smallest absolute Gasteiger partial charge is 0.306 e. The molecule has 0 radical (unpaired) electrons. The number of rotatable bonds is 21. The van der Waals surface area contributed by atoms with E-state index in [4.69, 9.17) is 15.3 Å². The third-order valence-corrected chi connectivity index (χ3v) is 8.18. The monoisotopic (exact) mass is 698 g/mol. The Kier molecular flexibility index (Phi) is 32.4. The van der Waals surface area contributed by atoms with E-state index in [1.807, 2.05) is 47.0 Å². The van der Waals surface area contributed by atoms with Gasteiger partial charge in [-0.15, -0.1) is 0 Å². The number of phenolic OH excluding ortho intramolecular Hbond substituents is 1. The van der Waals surface area contributed by atoms with Crippen molar-refractivity contribution in [3.63, 3.8) is 0 Å². The first-order valence-corrected chi connectivity index (χ1v) is 18.4. The van der Waals surface area contributed by atoms with E-state index in [9.17, 15) is 19.5 Å². The lowest BCUT2D eigenvalue weighted by Crippen LogP contribution is -2.20. The van der Waals surface area contributed by atoms with Crippen LogP contribution in [0.2, 0.25) is 0 Å². The maximum Gasteiger partial charge on any atom is 0.306 e. The van der Waals surface area contributed by atoms with Gasteiger partial charge < -0.3 is 35.1 Å². The molecule has 0 aromatic heterocycles. The van der Waals surface area contributed by atoms with Gasteiger partial charge in [-0.25, -0.2) is 0 Å². The molecule has 1 rings (SSSR count). The Morgan fingerprint density at radius 1 is 0.531 bits per heavy atom. The first kappa shape index (κ1) is 50.7. The number of hydrogen-bond acceptors (Lipinski definition) is 7. The third kappa shape index (κ3) is 26.8. The van der Waals surface area contributed by atoms with Crippen molar-refractivity contribution in [3.8, 4) is 5.75 Å². The first-order chi connectivity index (χ1) is 23.0. The fourth-order valence-electron chi connectivity index (χ4n) is 5.08. The van der Waals surface area contributed by atoms with Gasteiger partial charge in [0.2, 0.25) is 0 Å². The molecule has 0 amide bonds. The maximum atomic E-state index is 10.4. The molecule has 3 atom stereocenters. The van der Waals surface area contributed by atoms with E-state index < -0.39 is 17.9 Å². The van der Waals surface area contributed by atoms with Gasteiger partial charge in [-0.3, -0.25) is 14.4 Å². The zero-order valence-corrected chi connectivity index (χ0v) is 33.3. The molecule has 0 aliphatic carbocycles. The molecule has 49 heavy (non-hydrogen) atoms. The number of carboxylic acid groups (broad SMARTS) is 3. The number of hydrogen-bond donors (Lipinski definition) is 4. The van der Waals surface area contributed by atoms with Gasteiger partial charge >= 0.3 is 17.9 Å². The Morgan fingerprint density at radius 2 is 0.837 bits per heavy atom. The zero-order chi connectivity index (χ0) is 38.5. The molecular weight excluding hydrogens is 622 g/mol. The van der Waals surface area contributed by atoms with Crippen LogP contribution in [0.15, 0.2) is 12.1 Å². The van der Waals surface area contributed by atoms with Crippen molar-refractivity contribution in [2.24, 2.45) is 17.8 Å². The number of carbonyl (C=O) groups is 3. The molecule has 3 unspecified atom stereocenters. The predicted octanol–water partition coefficient (Wildman–Crippen LogP) is 8.44. The molecule has 4 N–H and O–H groups in total. The second-order valence-corrected chi connectivity index (χ2v) is 13.7. The summed E-state index contributed by atoms with van der Waals surface area (Å²) in [7, 11) is 12.3. The van der Waals surface area contributed by atoms with E-state index in [1.54, 1.807) is 0 Å². The lowest BCUT2D eigenvalue weighted by atomic mass is 9.98. The molecule has 0 saturated carbocycles. The molecule has 0 aliphatic heterocycles. The van der Waals surface area contributed by atoms with E-state index >= 15 is 0 Å². The van der Waals surface area contributed by atoms with Crippen LogP contribution in [0.1, 0.15) is 135 Å². The molecule has 0 saturated heterocycles. The summed E-state index contributed by atoms with van der Waals surface area (Å²) in [6.45, 7) is 14.5. The summed E-state index contributed by atoms with van der Waals surface area (Å²) in [6, 6.07) is 3.85. The zero-order valence-electron chi connectivity index (χ0n) is 33.3. The van der Waals surface area contributed by atoms with Gasteiger partial charge in [0.25, 0.3) is 0 Å². The Hall–Kier alpha value is -2.69. The van der Waals surface area contributed by atoms with Crippen molar-refractivity contribution in [2.75, 3.05) is 42.3 Å². The number of nitrogens with zero attached hydrogens (tertiary/aromatic N) is 3. The molecule has 0 fully saturated rings. The predicted molar refractivity (Wildman–Crippen MR) is 203 cm³/mol. The average Bonchev–Trinajstić information content (AvgIpc) is 3.01. The SMILES string of the molecule is CCCCC(CC)C(=O)O.CCCCC(CC)C(=O)O.CCCCC(CC)C(=O)O.CN(C)Cc1ccc(O)c(CN(C)C)c1CN(C)C. The van der Waals surface area contributed by atoms with Crippen LogP contribution >= 0.6 is 0 Å². The van der Waals surface area contributed by atoms with Crippen LogP contribution < -0.4 is 0 Å². The molecule has 0 aliphatic rings. The minimum atomic E-state index is -0.643. The molecule has 0 bridgehead atoms. The maximum absolute atomic E-state index is 10.4. The number of aromatic hydroxyl groups is 1. The largest absolute Gasteiger partial charge is 0.508 e. The normalized spacial score (nSPS) is 12.6. The molecular formula is C39H75N3O7. The van der Waals surface area contributed by atoms with Gasteiger partial charge in [0, 0.05) is 25.2 Å². The van der Waals surface area contributed by atoms with Crippen molar-refractivity contribution in [2.45, 2.75) is 138 Å². The van der Waals surface area contributed by atoms with Crippen LogP contribution in [0.5, 0.6) is 5.75 Å². The number of unbranched alkanes of at least 4 members (excludes halogenated alkanes) is 3. The van der Waals surface area contributed by atoms with Crippen LogP contribution in [-0.2, 0) is 34.0 Å². The Balaban J connectivity index is -0.000000610. The highest BCUT2D eigenvalue weighted by atomic mass is 16.4. The minimum absolute atomic E-state index is 0.111. The molecule has 1 aromatic carbocycles. The summed E-state index contributed by atoms with van der Waals surface area (Å²) in [4.78, 5) is 37.7. The van der Waals surface area contributed by atoms with Crippen LogP contribution in [0, 0.1) is 17.8 Å². The molecule has 288 valence electrons. The standard InChI is InChI=1S/C15H27N3O.3C8H16O2/c1-16(2)9-12-7-8-15(19)14(11-18(5)6)13(12)10-17(3)4;3*1-3-5-6-7(4-2)8(9)10/h7-8,19H,9-11H2,1-6H3;3*7H,3-6H2,1-2H3,(H,9,10). The van der Waals surface area contributed by atoms with Gasteiger partial charge in [0.05, 0.1) is 17.8 Å². The fourth-order valence-corrected chi connectivity index (χ4v) is 5.08. The summed E-state index contributed by atoms with van der Waals surface area (Å²) in [6.07, 6.45) is 11.1. The highest BCUT2D eigenvalue weighted by molar-refractivity contribution is 5.70. The van der Waals surface area contributed by atoms with E-state index in [1.165, 1.54) is 11.1 Å². The number of benzene rings is 1. The second-order valence-electron chi connectivity index (χ2n) is 13.7. The van der Waals surface area contributed by atoms with Gasteiger partial charge in [0.1, 0.15) is 5.75 Å². The number of phenols is 1. The van der Waals surface area contributed by atoms with Gasteiger partial charge in [-0.2, -0.15) is 0 Å². The Labute approximate surface area is 299 Å². The van der Waals surface area contributed by atoms with Gasteiger partial charge in [-0.1, -0.05) is 86.1 Å². The summed E-state index contributed by atoms with van der Waals surface area (Å²) in [5.41, 5.74) is 3.57. The van der Waals surface area contributed by atoms with E-state index in [0.29, 0.717) is 5.75 Å². The second kappa shape index (κ2) is 31.3. The van der Waals surface area contributed by atoms with Crippen molar-refractivity contribution in [1.82, 2.24) is 14.7 Å². The molecule has 0 spiro atoms. The summed E-state index contributed by atoms with van der Waals surface area (Å²) in [5.74, 6) is -1.87. The highest BCUT2D eigenvalue weighted by Gasteiger charge is 2.16. The molecule has 1 aromatic rings. The van der Waals surface area contributed by atoms with Crippen LogP contribution in [-0.4, -0.2) is 95.3 Å². The molecule has 0 heterocycles. The third-order valence-electron chi connectivity index (χ3n) is 8.18. The fraction of sp³-hybridized carbons (Fsp3) is 0.769. The van der Waals surface area contributed by atoms with Crippen molar-refractivity contribution >= 4 is 17.9 Å². The van der Waals surface area contributed by atoms with E-state index in [0.717, 1.165) is 102 Å². The van der Waals surface area contributed by atoms with Crippen molar-refractivity contribution < 1.29 is 34.8 Å². The minimum Gasteiger partial charge on any atom is -0.508 e. The first-order valence-electron chi connectivity index (χ1n) is 18.4. The molecule has 10 heteroatoms. The van der Waals surface area contributed by atoms with Crippen molar-refractivity contribution in [3.05, 3.63) is 28.8 Å². The van der Waals surface area contributed by atoms with Crippen LogP contribution in [0.3, 0.4) is 0 Å². The topological polar surface area (TPSA) is 142 Å². The highest BCUT2D eigenvalue weighted by Crippen LogP contribution is 2.27. The van der Waals surface area contributed by atoms with Gasteiger partial charge in [-0.05, 0) is 98.0 Å². The average molecular weight is 698 g/mol. The molecule has 10 nitrogen and oxygen atoms in total. The summed E-state index contributed by atoms with van der Waals surface area (Å²) >= 11 is 0. The van der Waals surface area contributed by atoms with E-state index in [-0.39, 0.29) is 17.8 Å². The lowest BCUT2D eigenvalue weighted by Gasteiger charge is -2.23. The van der Waals surface area contributed by atoms with Crippen LogP contribution in [0.25, 0.3) is 0 Å². The number of aliphatic carboxylic acids is 3. The number of carboxylic acids is 3.